The van der Waals surface area contributed by atoms with Gasteiger partial charge in [0.25, 0.3) is 0 Å². The first-order valence-corrected chi connectivity index (χ1v) is 4.65. The number of aliphatic hydroxyl groups is 1. The monoisotopic (exact) mass is 170 g/mol. The van der Waals surface area contributed by atoms with Gasteiger partial charge in [0.2, 0.25) is 0 Å². The maximum Gasteiger partial charge on any atom is 0.308 e. The van der Waals surface area contributed by atoms with Gasteiger partial charge in [-0.3, -0.25) is 4.79 Å². The fourth-order valence-corrected chi connectivity index (χ4v) is 2.25. The molecule has 0 amide bonds. The number of carbonyl (C=O) groups excluding carboxylic acids is 1. The molecule has 0 radical (unpaired) electrons. The van der Waals surface area contributed by atoms with Crippen LogP contribution in [0.1, 0.15) is 32.1 Å². The molecule has 0 aromatic heterocycles. The van der Waals surface area contributed by atoms with Crippen molar-refractivity contribution >= 4 is 5.97 Å². The quantitative estimate of drug-likeness (QED) is 0.548. The number of esters is 1. The van der Waals surface area contributed by atoms with Crippen LogP contribution >= 0.6 is 0 Å². The summed E-state index contributed by atoms with van der Waals surface area (Å²) in [7, 11) is 0. The zero-order valence-electron chi connectivity index (χ0n) is 7.03. The maximum atomic E-state index is 10.9. The third-order valence-electron chi connectivity index (χ3n) is 2.91. The molecule has 0 aromatic carbocycles. The fraction of sp³-hybridized carbons (Fsp3) is 0.889. The van der Waals surface area contributed by atoms with Crippen LogP contribution < -0.4 is 0 Å². The van der Waals surface area contributed by atoms with Crippen molar-refractivity contribution in [3.63, 3.8) is 0 Å². The zero-order chi connectivity index (χ0) is 8.55. The van der Waals surface area contributed by atoms with Gasteiger partial charge in [-0.1, -0.05) is 6.42 Å². The number of fused-ring (bicyclic) bond motifs is 1. The molecule has 0 aromatic rings. The van der Waals surface area contributed by atoms with E-state index in [2.05, 4.69) is 0 Å². The van der Waals surface area contributed by atoms with Crippen LogP contribution in [0.25, 0.3) is 0 Å². The first-order valence-electron chi connectivity index (χ1n) is 4.65. The van der Waals surface area contributed by atoms with E-state index in [4.69, 9.17) is 4.74 Å². The third kappa shape index (κ3) is 1.33. The summed E-state index contributed by atoms with van der Waals surface area (Å²) < 4.78 is 5.16. The summed E-state index contributed by atoms with van der Waals surface area (Å²) in [4.78, 5) is 10.9. The first kappa shape index (κ1) is 8.05. The van der Waals surface area contributed by atoms with Crippen molar-refractivity contribution in [2.45, 2.75) is 44.3 Å². The van der Waals surface area contributed by atoms with Crippen LogP contribution in [0.4, 0.5) is 0 Å². The Morgan fingerprint density at radius 3 is 2.92 bits per heavy atom. The molecular weight excluding hydrogens is 156 g/mol. The second-order valence-corrected chi connectivity index (χ2v) is 3.75. The van der Waals surface area contributed by atoms with E-state index < -0.39 is 6.10 Å². The van der Waals surface area contributed by atoms with E-state index in [1.807, 2.05) is 0 Å². The van der Waals surface area contributed by atoms with E-state index in [-0.39, 0.29) is 24.4 Å². The molecular formula is C9H14O3. The molecule has 2 aliphatic rings. The van der Waals surface area contributed by atoms with Gasteiger partial charge in [-0.05, 0) is 19.3 Å². The Morgan fingerprint density at radius 2 is 2.08 bits per heavy atom. The molecule has 1 aliphatic carbocycles. The van der Waals surface area contributed by atoms with E-state index in [0.717, 1.165) is 25.7 Å². The number of hydrogen-bond donors (Lipinski definition) is 1. The van der Waals surface area contributed by atoms with Gasteiger partial charge in [0.05, 0.1) is 12.5 Å². The van der Waals surface area contributed by atoms with E-state index in [1.54, 1.807) is 0 Å². The number of carbonyl (C=O) groups is 1. The molecule has 1 N–H and O–H groups in total. The van der Waals surface area contributed by atoms with E-state index in [1.165, 1.54) is 0 Å². The van der Waals surface area contributed by atoms with Gasteiger partial charge in [-0.25, -0.2) is 0 Å². The molecule has 1 heterocycles. The molecule has 0 spiro atoms. The van der Waals surface area contributed by atoms with E-state index in [9.17, 15) is 9.90 Å². The molecule has 1 saturated heterocycles. The Hall–Kier alpha value is -0.570. The van der Waals surface area contributed by atoms with Crippen molar-refractivity contribution in [2.24, 2.45) is 5.92 Å². The van der Waals surface area contributed by atoms with Gasteiger partial charge in [0.15, 0.2) is 0 Å². The SMILES string of the molecule is O=C1CC(O)C2CCCCC2O1. The fourth-order valence-electron chi connectivity index (χ4n) is 2.25. The molecule has 1 aliphatic heterocycles. The van der Waals surface area contributed by atoms with Crippen molar-refractivity contribution < 1.29 is 14.6 Å². The minimum atomic E-state index is -0.448. The third-order valence-corrected chi connectivity index (χ3v) is 2.91. The molecule has 3 nitrogen and oxygen atoms in total. The van der Waals surface area contributed by atoms with Gasteiger partial charge in [-0.2, -0.15) is 0 Å². The molecule has 68 valence electrons. The molecule has 3 atom stereocenters. The van der Waals surface area contributed by atoms with Gasteiger partial charge < -0.3 is 9.84 Å². The minimum Gasteiger partial charge on any atom is -0.462 e. The standard InChI is InChI=1S/C9H14O3/c10-7-5-9(11)12-8-4-2-1-3-6(7)8/h6-8,10H,1-5H2. The summed E-state index contributed by atoms with van der Waals surface area (Å²) in [6, 6.07) is 0. The lowest BCUT2D eigenvalue weighted by atomic mass is 9.80. The van der Waals surface area contributed by atoms with Crippen LogP contribution in [-0.2, 0) is 9.53 Å². The van der Waals surface area contributed by atoms with Gasteiger partial charge in [0, 0.05) is 5.92 Å². The largest absolute Gasteiger partial charge is 0.462 e. The van der Waals surface area contributed by atoms with Crippen LogP contribution in [0, 0.1) is 5.92 Å². The molecule has 12 heavy (non-hydrogen) atoms. The summed E-state index contributed by atoms with van der Waals surface area (Å²) in [5.74, 6) is -0.0119. The average Bonchev–Trinajstić information content (AvgIpc) is 2.04. The number of rotatable bonds is 0. The Balaban J connectivity index is 2.06. The molecule has 3 heteroatoms. The van der Waals surface area contributed by atoms with Crippen molar-refractivity contribution in [1.29, 1.82) is 0 Å². The van der Waals surface area contributed by atoms with Gasteiger partial charge in [-0.15, -0.1) is 0 Å². The molecule has 0 bridgehead atoms. The second kappa shape index (κ2) is 3.05. The number of ether oxygens (including phenoxy) is 1. The highest BCUT2D eigenvalue weighted by Crippen LogP contribution is 2.33. The molecule has 2 rings (SSSR count). The maximum absolute atomic E-state index is 10.9. The van der Waals surface area contributed by atoms with Crippen molar-refractivity contribution in [3.05, 3.63) is 0 Å². The van der Waals surface area contributed by atoms with E-state index >= 15 is 0 Å². The molecule has 3 unspecified atom stereocenters. The molecule has 2 fully saturated rings. The highest BCUT2D eigenvalue weighted by Gasteiger charge is 2.38. The predicted octanol–water partition coefficient (Wildman–Crippen LogP) is 0.853. The van der Waals surface area contributed by atoms with Crippen LogP contribution in [0.2, 0.25) is 0 Å². The summed E-state index contributed by atoms with van der Waals surface area (Å²) in [5, 5.41) is 9.57. The lowest BCUT2D eigenvalue weighted by Crippen LogP contribution is -2.43. The normalized spacial score (nSPS) is 41.8. The van der Waals surface area contributed by atoms with Crippen LogP contribution in [0.3, 0.4) is 0 Å². The van der Waals surface area contributed by atoms with Crippen LogP contribution in [0.15, 0.2) is 0 Å². The van der Waals surface area contributed by atoms with E-state index in [0.29, 0.717) is 0 Å². The first-order chi connectivity index (χ1) is 5.77. The topological polar surface area (TPSA) is 46.5 Å². The predicted molar refractivity (Wildman–Crippen MR) is 42.5 cm³/mol. The lowest BCUT2D eigenvalue weighted by Gasteiger charge is -2.37. The zero-order valence-corrected chi connectivity index (χ0v) is 7.03. The summed E-state index contributed by atoms with van der Waals surface area (Å²) in [6.07, 6.45) is 4.00. The summed E-state index contributed by atoms with van der Waals surface area (Å²) in [5.41, 5.74) is 0. The minimum absolute atomic E-state index is 0.00926. The highest BCUT2D eigenvalue weighted by molar-refractivity contribution is 5.71. The van der Waals surface area contributed by atoms with Gasteiger partial charge >= 0.3 is 5.97 Å². The second-order valence-electron chi connectivity index (χ2n) is 3.75. The molecule has 1 saturated carbocycles. The summed E-state index contributed by atoms with van der Waals surface area (Å²) >= 11 is 0. The highest BCUT2D eigenvalue weighted by atomic mass is 16.5. The van der Waals surface area contributed by atoms with Crippen molar-refractivity contribution in [3.8, 4) is 0 Å². The average molecular weight is 170 g/mol. The smallest absolute Gasteiger partial charge is 0.308 e. The van der Waals surface area contributed by atoms with Crippen LogP contribution in [-0.4, -0.2) is 23.3 Å². The number of aliphatic hydroxyl groups excluding tert-OH is 1. The van der Waals surface area contributed by atoms with Gasteiger partial charge in [0.1, 0.15) is 6.10 Å². The Morgan fingerprint density at radius 1 is 1.33 bits per heavy atom. The van der Waals surface area contributed by atoms with Crippen LogP contribution in [0.5, 0.6) is 0 Å². The summed E-state index contributed by atoms with van der Waals surface area (Å²) in [6.45, 7) is 0. The lowest BCUT2D eigenvalue weighted by molar-refractivity contribution is -0.171. The Labute approximate surface area is 71.7 Å². The van der Waals surface area contributed by atoms with Crippen molar-refractivity contribution in [1.82, 2.24) is 0 Å². The number of hydrogen-bond acceptors (Lipinski definition) is 3. The Kier molecular flexibility index (Phi) is 2.05. The van der Waals surface area contributed by atoms with Crippen molar-refractivity contribution in [2.75, 3.05) is 0 Å². The Bertz CT molecular complexity index is 190.